The Morgan fingerprint density at radius 1 is 1.13 bits per heavy atom. The fourth-order valence-electron chi connectivity index (χ4n) is 2.28. The Bertz CT molecular complexity index is 622. The monoisotopic (exact) mass is 312 g/mol. The predicted octanol–water partition coefficient (Wildman–Crippen LogP) is 3.72. The lowest BCUT2D eigenvalue weighted by Gasteiger charge is -2.22. The fourth-order valence-corrected chi connectivity index (χ4v) is 2.28. The van der Waals surface area contributed by atoms with Crippen molar-refractivity contribution in [2.45, 2.75) is 38.8 Å². The van der Waals surface area contributed by atoms with Crippen molar-refractivity contribution in [3.63, 3.8) is 0 Å². The molecule has 2 aromatic carbocycles. The van der Waals surface area contributed by atoms with E-state index in [1.165, 1.54) is 0 Å². The summed E-state index contributed by atoms with van der Waals surface area (Å²) in [5.74, 6) is 0.591. The van der Waals surface area contributed by atoms with Gasteiger partial charge >= 0.3 is 0 Å². The van der Waals surface area contributed by atoms with Crippen LogP contribution in [0.2, 0.25) is 0 Å². The molecule has 23 heavy (non-hydrogen) atoms. The highest BCUT2D eigenvalue weighted by Crippen LogP contribution is 2.19. The van der Waals surface area contributed by atoms with Gasteiger partial charge in [0, 0.05) is 5.69 Å². The number of amides is 1. The summed E-state index contributed by atoms with van der Waals surface area (Å²) in [5, 5.41) is 2.85. The zero-order valence-corrected chi connectivity index (χ0v) is 13.7. The minimum atomic E-state index is -0.850. The highest BCUT2D eigenvalue weighted by molar-refractivity contribution is 5.97. The summed E-state index contributed by atoms with van der Waals surface area (Å²) in [7, 11) is 0. The van der Waals surface area contributed by atoms with Crippen LogP contribution in [0.1, 0.15) is 32.3 Å². The van der Waals surface area contributed by atoms with Crippen LogP contribution in [0.15, 0.2) is 54.6 Å². The number of carbonyl (C=O) groups is 1. The van der Waals surface area contributed by atoms with Crippen LogP contribution in [0, 0.1) is 0 Å². The van der Waals surface area contributed by atoms with Gasteiger partial charge < -0.3 is 15.8 Å². The molecule has 4 heteroatoms. The van der Waals surface area contributed by atoms with Crippen LogP contribution in [-0.2, 0) is 11.4 Å². The largest absolute Gasteiger partial charge is 0.489 e. The second-order valence-corrected chi connectivity index (χ2v) is 5.92. The molecule has 0 fully saturated rings. The van der Waals surface area contributed by atoms with E-state index in [-0.39, 0.29) is 5.91 Å². The third-order valence-electron chi connectivity index (χ3n) is 3.65. The van der Waals surface area contributed by atoms with E-state index in [9.17, 15) is 4.79 Å². The van der Waals surface area contributed by atoms with Gasteiger partial charge in [-0.3, -0.25) is 4.79 Å². The van der Waals surface area contributed by atoms with Gasteiger partial charge in [0.2, 0.25) is 5.91 Å². The van der Waals surface area contributed by atoms with Crippen molar-refractivity contribution in [1.82, 2.24) is 0 Å². The third-order valence-corrected chi connectivity index (χ3v) is 3.65. The van der Waals surface area contributed by atoms with Crippen molar-refractivity contribution in [2.24, 2.45) is 5.73 Å². The topological polar surface area (TPSA) is 64.4 Å². The summed E-state index contributed by atoms with van der Waals surface area (Å²) in [4.78, 5) is 12.2. The molecule has 1 unspecified atom stereocenters. The van der Waals surface area contributed by atoms with E-state index < -0.39 is 5.54 Å². The van der Waals surface area contributed by atoms with Gasteiger partial charge in [0.25, 0.3) is 0 Å². The average Bonchev–Trinajstić information content (AvgIpc) is 2.55. The molecule has 0 bridgehead atoms. The van der Waals surface area contributed by atoms with Gasteiger partial charge in [-0.2, -0.15) is 0 Å². The first kappa shape index (κ1) is 17.0. The zero-order chi connectivity index (χ0) is 16.7. The molecule has 0 radical (unpaired) electrons. The van der Waals surface area contributed by atoms with Crippen LogP contribution in [0.5, 0.6) is 5.75 Å². The predicted molar refractivity (Wildman–Crippen MR) is 93.3 cm³/mol. The Morgan fingerprint density at radius 2 is 1.78 bits per heavy atom. The van der Waals surface area contributed by atoms with Crippen LogP contribution >= 0.6 is 0 Å². The molecule has 2 aromatic rings. The highest BCUT2D eigenvalue weighted by atomic mass is 16.5. The van der Waals surface area contributed by atoms with Crippen molar-refractivity contribution in [3.8, 4) is 5.75 Å². The average molecular weight is 312 g/mol. The summed E-state index contributed by atoms with van der Waals surface area (Å²) >= 11 is 0. The molecule has 2 rings (SSSR count). The molecular formula is C19H24N2O2. The number of hydrogen-bond donors (Lipinski definition) is 2. The molecule has 122 valence electrons. The molecule has 4 nitrogen and oxygen atoms in total. The number of carbonyl (C=O) groups excluding carboxylic acids is 1. The van der Waals surface area contributed by atoms with Crippen LogP contribution in [0.3, 0.4) is 0 Å². The number of benzene rings is 2. The number of nitrogens with two attached hydrogens (primary N) is 1. The number of hydrogen-bond acceptors (Lipinski definition) is 3. The van der Waals surface area contributed by atoms with Gasteiger partial charge in [0.15, 0.2) is 0 Å². The third kappa shape index (κ3) is 5.11. The SMILES string of the molecule is CCCC(C)(N)C(=O)Nc1ccc(OCc2ccccc2)cc1. The van der Waals surface area contributed by atoms with E-state index in [0.29, 0.717) is 13.0 Å². The summed E-state index contributed by atoms with van der Waals surface area (Å²) < 4.78 is 5.72. The Morgan fingerprint density at radius 3 is 2.39 bits per heavy atom. The molecular weight excluding hydrogens is 288 g/mol. The molecule has 1 amide bonds. The standard InChI is InChI=1S/C19H24N2O2/c1-3-13-19(2,20)18(22)21-16-9-11-17(12-10-16)23-14-15-7-5-4-6-8-15/h4-12H,3,13-14,20H2,1-2H3,(H,21,22). The molecule has 0 aromatic heterocycles. The van der Waals surface area contributed by atoms with E-state index in [1.54, 1.807) is 6.92 Å². The van der Waals surface area contributed by atoms with Crippen molar-refractivity contribution in [1.29, 1.82) is 0 Å². The highest BCUT2D eigenvalue weighted by Gasteiger charge is 2.27. The van der Waals surface area contributed by atoms with Crippen molar-refractivity contribution < 1.29 is 9.53 Å². The van der Waals surface area contributed by atoms with Crippen LogP contribution in [0.25, 0.3) is 0 Å². The summed E-state index contributed by atoms with van der Waals surface area (Å²) in [5.41, 5.74) is 7.01. The maximum Gasteiger partial charge on any atom is 0.244 e. The Kier molecular flexibility index (Phi) is 5.77. The zero-order valence-electron chi connectivity index (χ0n) is 13.7. The van der Waals surface area contributed by atoms with E-state index in [1.807, 2.05) is 61.5 Å². The lowest BCUT2D eigenvalue weighted by atomic mass is 9.96. The quantitative estimate of drug-likeness (QED) is 0.819. The van der Waals surface area contributed by atoms with Gasteiger partial charge in [0.05, 0.1) is 5.54 Å². The first-order valence-electron chi connectivity index (χ1n) is 7.88. The fraction of sp³-hybridized carbons (Fsp3) is 0.316. The maximum atomic E-state index is 12.2. The molecule has 3 N–H and O–H groups in total. The molecule has 0 saturated carbocycles. The minimum Gasteiger partial charge on any atom is -0.489 e. The number of rotatable bonds is 7. The van der Waals surface area contributed by atoms with Gasteiger partial charge in [-0.15, -0.1) is 0 Å². The lowest BCUT2D eigenvalue weighted by Crippen LogP contribution is -2.48. The van der Waals surface area contributed by atoms with Gasteiger partial charge in [-0.05, 0) is 43.2 Å². The molecule has 1 atom stereocenters. The molecule has 0 saturated heterocycles. The first-order chi connectivity index (χ1) is 11.0. The minimum absolute atomic E-state index is 0.169. The molecule has 0 aliphatic heterocycles. The first-order valence-corrected chi connectivity index (χ1v) is 7.88. The van der Waals surface area contributed by atoms with Gasteiger partial charge in [-0.25, -0.2) is 0 Å². The Hall–Kier alpha value is -2.33. The second-order valence-electron chi connectivity index (χ2n) is 5.92. The van der Waals surface area contributed by atoms with Crippen molar-refractivity contribution in [3.05, 3.63) is 60.2 Å². The van der Waals surface area contributed by atoms with Gasteiger partial charge in [0.1, 0.15) is 12.4 Å². The number of anilines is 1. The van der Waals surface area contributed by atoms with E-state index in [4.69, 9.17) is 10.5 Å². The van der Waals surface area contributed by atoms with Crippen molar-refractivity contribution in [2.75, 3.05) is 5.32 Å². The molecule has 0 aliphatic rings. The summed E-state index contributed by atoms with van der Waals surface area (Å²) in [6, 6.07) is 17.3. The molecule has 0 aliphatic carbocycles. The number of nitrogens with one attached hydrogen (secondary N) is 1. The Balaban J connectivity index is 1.90. The van der Waals surface area contributed by atoms with E-state index in [2.05, 4.69) is 5.32 Å². The van der Waals surface area contributed by atoms with Crippen LogP contribution < -0.4 is 15.8 Å². The van der Waals surface area contributed by atoms with Crippen LogP contribution in [0.4, 0.5) is 5.69 Å². The van der Waals surface area contributed by atoms with E-state index >= 15 is 0 Å². The summed E-state index contributed by atoms with van der Waals surface area (Å²) in [6.07, 6.45) is 1.52. The number of ether oxygens (including phenoxy) is 1. The van der Waals surface area contributed by atoms with E-state index in [0.717, 1.165) is 23.4 Å². The Labute approximate surface area is 137 Å². The lowest BCUT2D eigenvalue weighted by molar-refractivity contribution is -0.120. The summed E-state index contributed by atoms with van der Waals surface area (Å²) in [6.45, 7) is 4.28. The second kappa shape index (κ2) is 7.79. The smallest absolute Gasteiger partial charge is 0.244 e. The molecule has 0 heterocycles. The normalized spacial score (nSPS) is 13.2. The molecule has 0 spiro atoms. The van der Waals surface area contributed by atoms with Gasteiger partial charge in [-0.1, -0.05) is 43.7 Å². The van der Waals surface area contributed by atoms with Crippen LogP contribution in [-0.4, -0.2) is 11.4 Å². The maximum absolute atomic E-state index is 12.2. The van der Waals surface area contributed by atoms with Crippen molar-refractivity contribution >= 4 is 11.6 Å².